The highest BCUT2D eigenvalue weighted by Gasteiger charge is 2.17. The second-order valence-corrected chi connectivity index (χ2v) is 4.00. The van der Waals surface area contributed by atoms with Crippen LogP contribution in [0.1, 0.15) is 26.6 Å². The molecule has 0 fully saturated rings. The van der Waals surface area contributed by atoms with Crippen molar-refractivity contribution in [1.29, 1.82) is 0 Å². The van der Waals surface area contributed by atoms with Crippen LogP contribution >= 0.6 is 0 Å². The molecule has 0 aromatic carbocycles. The molecule has 16 heavy (non-hydrogen) atoms. The van der Waals surface area contributed by atoms with Gasteiger partial charge in [0.2, 0.25) is 5.91 Å². The van der Waals surface area contributed by atoms with Gasteiger partial charge in [-0.15, -0.1) is 0 Å². The summed E-state index contributed by atoms with van der Waals surface area (Å²) in [5.41, 5.74) is 6.29. The van der Waals surface area contributed by atoms with Crippen LogP contribution in [0.2, 0.25) is 0 Å². The summed E-state index contributed by atoms with van der Waals surface area (Å²) in [6.07, 6.45) is 3.97. The number of aromatic nitrogens is 2. The van der Waals surface area contributed by atoms with Gasteiger partial charge in [-0.1, -0.05) is 20.8 Å². The van der Waals surface area contributed by atoms with Crippen LogP contribution in [0.15, 0.2) is 12.4 Å². The zero-order chi connectivity index (χ0) is 12.1. The number of rotatable bonds is 4. The Morgan fingerprint density at radius 1 is 1.44 bits per heavy atom. The van der Waals surface area contributed by atoms with Gasteiger partial charge in [0.05, 0.1) is 24.1 Å². The Labute approximate surface area is 95.5 Å². The lowest BCUT2D eigenvalue weighted by atomic mass is 10.1. The van der Waals surface area contributed by atoms with Gasteiger partial charge < -0.3 is 11.1 Å². The molecule has 0 bridgehead atoms. The lowest BCUT2D eigenvalue weighted by Gasteiger charge is -2.14. The summed E-state index contributed by atoms with van der Waals surface area (Å²) in [6, 6.07) is -0.508. The number of hydrogen-bond acceptors (Lipinski definition) is 4. The smallest absolute Gasteiger partial charge is 0.241 e. The monoisotopic (exact) mass is 222 g/mol. The molecule has 5 heteroatoms. The molecule has 0 unspecified atom stereocenters. The lowest BCUT2D eigenvalue weighted by molar-refractivity contribution is -0.118. The maximum absolute atomic E-state index is 11.6. The molecule has 3 N–H and O–H groups in total. The summed E-state index contributed by atoms with van der Waals surface area (Å²) in [7, 11) is 0. The topological polar surface area (TPSA) is 80.9 Å². The van der Waals surface area contributed by atoms with Gasteiger partial charge in [-0.3, -0.25) is 4.79 Å². The summed E-state index contributed by atoms with van der Waals surface area (Å²) < 4.78 is 0. The van der Waals surface area contributed by atoms with Crippen molar-refractivity contribution in [2.45, 2.75) is 33.2 Å². The van der Waals surface area contributed by atoms with Crippen molar-refractivity contribution in [2.75, 3.05) is 5.32 Å². The van der Waals surface area contributed by atoms with Crippen LogP contribution in [-0.4, -0.2) is 21.9 Å². The molecule has 1 aromatic rings. The SMILES string of the molecule is CCc1ncc(NC(=O)[C@@H](N)C(C)C)cn1. The summed E-state index contributed by atoms with van der Waals surface area (Å²) in [6.45, 7) is 5.78. The number of nitrogens with one attached hydrogen (secondary N) is 1. The first kappa shape index (κ1) is 12.6. The summed E-state index contributed by atoms with van der Waals surface area (Å²) >= 11 is 0. The summed E-state index contributed by atoms with van der Waals surface area (Å²) in [5, 5.41) is 2.69. The van der Waals surface area contributed by atoms with E-state index in [2.05, 4.69) is 15.3 Å². The highest BCUT2D eigenvalue weighted by atomic mass is 16.2. The van der Waals surface area contributed by atoms with Gasteiger partial charge in [0, 0.05) is 6.42 Å². The number of aryl methyl sites for hydroxylation is 1. The Morgan fingerprint density at radius 3 is 2.44 bits per heavy atom. The van der Waals surface area contributed by atoms with E-state index < -0.39 is 6.04 Å². The van der Waals surface area contributed by atoms with E-state index in [0.29, 0.717) is 5.69 Å². The molecule has 5 nitrogen and oxygen atoms in total. The first-order valence-corrected chi connectivity index (χ1v) is 5.42. The van der Waals surface area contributed by atoms with Crippen molar-refractivity contribution < 1.29 is 4.79 Å². The fraction of sp³-hybridized carbons (Fsp3) is 0.545. The van der Waals surface area contributed by atoms with Crippen molar-refractivity contribution in [3.8, 4) is 0 Å². The maximum Gasteiger partial charge on any atom is 0.241 e. The number of nitrogens with two attached hydrogens (primary N) is 1. The molecule has 0 spiro atoms. The van der Waals surface area contributed by atoms with Gasteiger partial charge in [0.25, 0.3) is 0 Å². The summed E-state index contributed by atoms with van der Waals surface area (Å²) in [4.78, 5) is 19.8. The molecule has 0 aliphatic heterocycles. The van der Waals surface area contributed by atoms with Crippen LogP contribution in [0.4, 0.5) is 5.69 Å². The zero-order valence-corrected chi connectivity index (χ0v) is 9.90. The second-order valence-electron chi connectivity index (χ2n) is 4.00. The van der Waals surface area contributed by atoms with Crippen LogP contribution in [0.25, 0.3) is 0 Å². The number of carbonyl (C=O) groups is 1. The predicted octanol–water partition coefficient (Wildman–Crippen LogP) is 0.961. The van der Waals surface area contributed by atoms with Gasteiger partial charge in [-0.25, -0.2) is 9.97 Å². The molecule has 0 saturated heterocycles. The third-order valence-corrected chi connectivity index (χ3v) is 2.31. The standard InChI is InChI=1S/C11H18N4O/c1-4-9-13-5-8(6-14-9)15-11(16)10(12)7(2)3/h5-7,10H,4,12H2,1-3H3,(H,15,16)/t10-/m0/s1. The highest BCUT2D eigenvalue weighted by Crippen LogP contribution is 2.06. The Hall–Kier alpha value is -1.49. The molecular formula is C11H18N4O. The molecule has 88 valence electrons. The Balaban J connectivity index is 2.62. The maximum atomic E-state index is 11.6. The van der Waals surface area contributed by atoms with Crippen LogP contribution in [-0.2, 0) is 11.2 Å². The molecule has 1 heterocycles. The number of amides is 1. The molecule has 0 radical (unpaired) electrons. The third-order valence-electron chi connectivity index (χ3n) is 2.31. The minimum absolute atomic E-state index is 0.107. The van der Waals surface area contributed by atoms with Crippen LogP contribution in [0.3, 0.4) is 0 Å². The van der Waals surface area contributed by atoms with E-state index in [9.17, 15) is 4.79 Å². The third kappa shape index (κ3) is 3.27. The fourth-order valence-electron chi connectivity index (χ4n) is 1.13. The van der Waals surface area contributed by atoms with E-state index >= 15 is 0 Å². The van der Waals surface area contributed by atoms with Gasteiger partial charge in [0.1, 0.15) is 5.82 Å². The minimum Gasteiger partial charge on any atom is -0.322 e. The molecule has 0 aliphatic rings. The largest absolute Gasteiger partial charge is 0.322 e. The normalized spacial score (nSPS) is 12.6. The first-order chi connectivity index (χ1) is 7.54. The van der Waals surface area contributed by atoms with Crippen LogP contribution in [0.5, 0.6) is 0 Å². The first-order valence-electron chi connectivity index (χ1n) is 5.42. The van der Waals surface area contributed by atoms with Crippen LogP contribution in [0, 0.1) is 5.92 Å². The van der Waals surface area contributed by atoms with Crippen molar-refractivity contribution in [2.24, 2.45) is 11.7 Å². The zero-order valence-electron chi connectivity index (χ0n) is 9.90. The molecule has 1 rings (SSSR count). The molecule has 0 saturated carbocycles. The van der Waals surface area contributed by atoms with E-state index in [1.807, 2.05) is 20.8 Å². The minimum atomic E-state index is -0.508. The van der Waals surface area contributed by atoms with Gasteiger partial charge >= 0.3 is 0 Å². The van der Waals surface area contributed by atoms with E-state index in [4.69, 9.17) is 5.73 Å². The van der Waals surface area contributed by atoms with Crippen molar-refractivity contribution in [3.05, 3.63) is 18.2 Å². The number of anilines is 1. The Bertz CT molecular complexity index is 348. The van der Waals surface area contributed by atoms with E-state index in [-0.39, 0.29) is 11.8 Å². The predicted molar refractivity (Wildman–Crippen MR) is 62.9 cm³/mol. The highest BCUT2D eigenvalue weighted by molar-refractivity contribution is 5.94. The molecule has 1 aromatic heterocycles. The van der Waals surface area contributed by atoms with Crippen molar-refractivity contribution in [3.63, 3.8) is 0 Å². The summed E-state index contributed by atoms with van der Waals surface area (Å²) in [5.74, 6) is 0.657. The molecule has 1 atom stereocenters. The van der Waals surface area contributed by atoms with E-state index in [0.717, 1.165) is 12.2 Å². The Kier molecular flexibility index (Phi) is 4.37. The fourth-order valence-corrected chi connectivity index (χ4v) is 1.13. The quantitative estimate of drug-likeness (QED) is 0.795. The second kappa shape index (κ2) is 5.55. The van der Waals surface area contributed by atoms with Crippen molar-refractivity contribution in [1.82, 2.24) is 9.97 Å². The molecule has 0 aliphatic carbocycles. The number of hydrogen-bond donors (Lipinski definition) is 2. The van der Waals surface area contributed by atoms with Crippen LogP contribution < -0.4 is 11.1 Å². The number of nitrogens with zero attached hydrogens (tertiary/aromatic N) is 2. The Morgan fingerprint density at radius 2 is 2.00 bits per heavy atom. The average Bonchev–Trinajstić information content (AvgIpc) is 2.28. The molecular weight excluding hydrogens is 204 g/mol. The van der Waals surface area contributed by atoms with E-state index in [1.165, 1.54) is 0 Å². The lowest BCUT2D eigenvalue weighted by Crippen LogP contribution is -2.39. The average molecular weight is 222 g/mol. The van der Waals surface area contributed by atoms with Gasteiger partial charge in [0.15, 0.2) is 0 Å². The molecule has 1 amide bonds. The van der Waals surface area contributed by atoms with Gasteiger partial charge in [-0.2, -0.15) is 0 Å². The van der Waals surface area contributed by atoms with Gasteiger partial charge in [-0.05, 0) is 5.92 Å². The number of carbonyl (C=O) groups excluding carboxylic acids is 1. The van der Waals surface area contributed by atoms with E-state index in [1.54, 1.807) is 12.4 Å². The van der Waals surface area contributed by atoms with Crippen molar-refractivity contribution >= 4 is 11.6 Å².